The van der Waals surface area contributed by atoms with Gasteiger partial charge in [-0.1, -0.05) is 6.42 Å². The van der Waals surface area contributed by atoms with Crippen LogP contribution in [0.2, 0.25) is 0 Å². The second-order valence-corrected chi connectivity index (χ2v) is 7.42. The lowest BCUT2D eigenvalue weighted by atomic mass is 10.4. The van der Waals surface area contributed by atoms with Crippen molar-refractivity contribution >= 4 is 33.6 Å². The van der Waals surface area contributed by atoms with E-state index in [0.29, 0.717) is 18.5 Å². The average molecular weight is 349 g/mol. The zero-order valence-electron chi connectivity index (χ0n) is 12.2. The molecule has 2 N–H and O–H groups in total. The molecule has 1 aromatic rings. The Labute approximate surface area is 133 Å². The highest BCUT2D eigenvalue weighted by molar-refractivity contribution is 7.90. The predicted molar refractivity (Wildman–Crippen MR) is 81.7 cm³/mol. The highest BCUT2D eigenvalue weighted by Gasteiger charge is 2.37. The Bertz CT molecular complexity index is 667. The van der Waals surface area contributed by atoms with Crippen LogP contribution in [0.3, 0.4) is 0 Å². The molecule has 2 rings (SSSR count). The van der Waals surface area contributed by atoms with Gasteiger partial charge in [-0.3, -0.25) is 5.32 Å². The number of nitrogens with one attached hydrogen (secondary N) is 2. The van der Waals surface area contributed by atoms with Crippen molar-refractivity contribution in [1.29, 1.82) is 0 Å². The number of methoxy groups -OCH3 is 1. The molecule has 1 aliphatic carbocycles. The molecule has 122 valence electrons. The number of aromatic nitrogens is 2. The number of urea groups is 1. The van der Waals surface area contributed by atoms with Gasteiger partial charge in [-0.2, -0.15) is 4.98 Å². The summed E-state index contributed by atoms with van der Waals surface area (Å²) in [5.41, 5.74) is 0.571. The Kier molecular flexibility index (Phi) is 5.07. The normalized spacial score (nSPS) is 21.4. The highest BCUT2D eigenvalue weighted by Crippen LogP contribution is 2.29. The maximum atomic E-state index is 12.1. The largest absolute Gasteiger partial charge is 0.481 e. The number of nitrogens with zero attached hydrogens (tertiary/aromatic N) is 2. The van der Waals surface area contributed by atoms with Crippen LogP contribution in [0, 0.1) is 6.92 Å². The lowest BCUT2D eigenvalue weighted by molar-refractivity contribution is 0.256. The number of amides is 2. The first-order chi connectivity index (χ1) is 10.3. The van der Waals surface area contributed by atoms with E-state index in [9.17, 15) is 13.2 Å². The second kappa shape index (κ2) is 6.66. The highest BCUT2D eigenvalue weighted by atomic mass is 35.5. The number of sulfonamides is 1. The van der Waals surface area contributed by atoms with Gasteiger partial charge in [0.15, 0.2) is 0 Å². The van der Waals surface area contributed by atoms with Crippen molar-refractivity contribution in [2.24, 2.45) is 0 Å². The molecular formula is C12H17ClN4O4S. The van der Waals surface area contributed by atoms with Gasteiger partial charge in [0.25, 0.3) is 0 Å². The van der Waals surface area contributed by atoms with Gasteiger partial charge in [0.05, 0.1) is 17.7 Å². The molecule has 2 unspecified atom stereocenters. The number of rotatable bonds is 4. The van der Waals surface area contributed by atoms with Crippen molar-refractivity contribution in [2.45, 2.75) is 36.8 Å². The summed E-state index contributed by atoms with van der Waals surface area (Å²) in [6.45, 7) is 1.70. The van der Waals surface area contributed by atoms with E-state index in [0.717, 1.165) is 6.42 Å². The van der Waals surface area contributed by atoms with Gasteiger partial charge < -0.3 is 4.74 Å². The molecule has 0 bridgehead atoms. The first-order valence-corrected chi connectivity index (χ1v) is 8.66. The molecule has 1 saturated carbocycles. The summed E-state index contributed by atoms with van der Waals surface area (Å²) in [6.07, 6.45) is 1.78. The fourth-order valence-electron chi connectivity index (χ4n) is 2.26. The Morgan fingerprint density at radius 1 is 1.41 bits per heavy atom. The monoisotopic (exact) mass is 348 g/mol. The summed E-state index contributed by atoms with van der Waals surface area (Å²) < 4.78 is 31.1. The molecule has 0 saturated heterocycles. The fourth-order valence-corrected chi connectivity index (χ4v) is 4.41. The van der Waals surface area contributed by atoms with E-state index in [1.165, 1.54) is 7.11 Å². The molecule has 0 aliphatic heterocycles. The number of carbonyl (C=O) groups excluding carboxylic acids is 1. The molecule has 2 atom stereocenters. The number of halogens is 1. The van der Waals surface area contributed by atoms with Gasteiger partial charge in [-0.05, 0) is 19.8 Å². The minimum atomic E-state index is -3.84. The summed E-state index contributed by atoms with van der Waals surface area (Å²) >= 11 is 5.97. The molecule has 0 radical (unpaired) electrons. The summed E-state index contributed by atoms with van der Waals surface area (Å²) in [7, 11) is -2.41. The minimum Gasteiger partial charge on any atom is -0.481 e. The number of alkyl halides is 1. The van der Waals surface area contributed by atoms with Crippen LogP contribution in [0.25, 0.3) is 0 Å². The van der Waals surface area contributed by atoms with Gasteiger partial charge in [-0.15, -0.1) is 11.6 Å². The minimum absolute atomic E-state index is 0.0432. The van der Waals surface area contributed by atoms with Gasteiger partial charge in [-0.25, -0.2) is 22.9 Å². The van der Waals surface area contributed by atoms with Crippen LogP contribution >= 0.6 is 11.6 Å². The van der Waals surface area contributed by atoms with Crippen LogP contribution in [0.15, 0.2) is 6.07 Å². The number of ether oxygens (including phenoxy) is 1. The predicted octanol–water partition coefficient (Wildman–Crippen LogP) is 1.40. The van der Waals surface area contributed by atoms with Crippen LogP contribution in [-0.4, -0.2) is 42.2 Å². The van der Waals surface area contributed by atoms with Crippen molar-refractivity contribution in [2.75, 3.05) is 12.4 Å². The second-order valence-electron chi connectivity index (χ2n) is 4.96. The van der Waals surface area contributed by atoms with Gasteiger partial charge >= 0.3 is 6.03 Å². The number of anilines is 1. The Morgan fingerprint density at radius 3 is 2.73 bits per heavy atom. The third kappa shape index (κ3) is 3.98. The van der Waals surface area contributed by atoms with E-state index in [1.54, 1.807) is 13.0 Å². The average Bonchev–Trinajstić information content (AvgIpc) is 2.84. The molecule has 1 aromatic heterocycles. The summed E-state index contributed by atoms with van der Waals surface area (Å²) in [6, 6.07) is 0.652. The van der Waals surface area contributed by atoms with Gasteiger partial charge in [0, 0.05) is 11.8 Å². The van der Waals surface area contributed by atoms with E-state index in [-0.39, 0.29) is 11.8 Å². The zero-order valence-corrected chi connectivity index (χ0v) is 13.7. The van der Waals surface area contributed by atoms with E-state index in [4.69, 9.17) is 16.3 Å². The third-order valence-electron chi connectivity index (χ3n) is 3.27. The first kappa shape index (κ1) is 16.8. The lowest BCUT2D eigenvalue weighted by Crippen LogP contribution is -2.42. The molecule has 10 heteroatoms. The summed E-state index contributed by atoms with van der Waals surface area (Å²) in [4.78, 5) is 19.7. The summed E-state index contributed by atoms with van der Waals surface area (Å²) in [5.74, 6) is 0.223. The quantitative estimate of drug-likeness (QED) is 0.796. The number of hydrogen-bond acceptors (Lipinski definition) is 6. The van der Waals surface area contributed by atoms with Gasteiger partial charge in [0.2, 0.25) is 21.9 Å². The van der Waals surface area contributed by atoms with Crippen LogP contribution in [0.1, 0.15) is 25.0 Å². The maximum absolute atomic E-state index is 12.1. The van der Waals surface area contributed by atoms with Crippen LogP contribution in [0.4, 0.5) is 10.7 Å². The molecular weight excluding hydrogens is 332 g/mol. The van der Waals surface area contributed by atoms with Crippen molar-refractivity contribution in [3.05, 3.63) is 11.8 Å². The molecule has 1 aliphatic rings. The standard InChI is InChI=1S/C12H17ClN4O4S/c1-7-6-10(21-2)15-11(14-7)16-12(18)17-22(19,20)9-5-3-4-8(9)13/h6,8-9H,3-5H2,1-2H3,(H2,14,15,16,17,18). The number of hydrogen-bond donors (Lipinski definition) is 2. The van der Waals surface area contributed by atoms with E-state index >= 15 is 0 Å². The zero-order chi connectivity index (χ0) is 16.3. The van der Waals surface area contributed by atoms with Crippen molar-refractivity contribution in [1.82, 2.24) is 14.7 Å². The number of aryl methyl sites for hydroxylation is 1. The molecule has 22 heavy (non-hydrogen) atoms. The smallest absolute Gasteiger partial charge is 0.335 e. The topological polar surface area (TPSA) is 110 Å². The van der Waals surface area contributed by atoms with Crippen molar-refractivity contribution < 1.29 is 17.9 Å². The molecule has 1 heterocycles. The molecule has 0 spiro atoms. The lowest BCUT2D eigenvalue weighted by Gasteiger charge is -2.15. The van der Waals surface area contributed by atoms with Gasteiger partial charge in [0.1, 0.15) is 0 Å². The van der Waals surface area contributed by atoms with E-state index < -0.39 is 26.7 Å². The maximum Gasteiger partial charge on any atom is 0.335 e. The van der Waals surface area contributed by atoms with Crippen LogP contribution < -0.4 is 14.8 Å². The van der Waals surface area contributed by atoms with Crippen LogP contribution in [0.5, 0.6) is 5.88 Å². The Morgan fingerprint density at radius 2 is 2.14 bits per heavy atom. The molecule has 1 fully saturated rings. The van der Waals surface area contributed by atoms with E-state index in [1.807, 2.05) is 4.72 Å². The molecule has 2 amide bonds. The molecule has 8 nitrogen and oxygen atoms in total. The summed E-state index contributed by atoms with van der Waals surface area (Å²) in [5, 5.41) is 1.02. The van der Waals surface area contributed by atoms with Crippen molar-refractivity contribution in [3.63, 3.8) is 0 Å². The van der Waals surface area contributed by atoms with Crippen molar-refractivity contribution in [3.8, 4) is 5.88 Å². The fraction of sp³-hybridized carbons (Fsp3) is 0.583. The Hall–Kier alpha value is -1.61. The van der Waals surface area contributed by atoms with Crippen LogP contribution in [-0.2, 0) is 10.0 Å². The van der Waals surface area contributed by atoms with E-state index in [2.05, 4.69) is 15.3 Å². The Balaban J connectivity index is 2.05. The first-order valence-electron chi connectivity index (χ1n) is 6.68. The third-order valence-corrected chi connectivity index (χ3v) is 5.77. The molecule has 0 aromatic carbocycles. The SMILES string of the molecule is COc1cc(C)nc(NC(=O)NS(=O)(=O)C2CCCC2Cl)n1. The number of carbonyl (C=O) groups is 1.